The largest absolute Gasteiger partial charge is 0.457 e. The molecule has 6 nitrogen and oxygen atoms in total. The molecule has 1 amide bonds. The quantitative estimate of drug-likeness (QED) is 0.536. The second kappa shape index (κ2) is 8.25. The van der Waals surface area contributed by atoms with Crippen molar-refractivity contribution in [3.8, 4) is 40.0 Å². The van der Waals surface area contributed by atoms with Crippen LogP contribution in [0.15, 0.2) is 85.2 Å². The SMILES string of the molecule is N#Cc1ccc(Oc2ccc(-c3cccc(C(N)=O)n3)cc2)c(-c2cccnc2)c1. The van der Waals surface area contributed by atoms with Gasteiger partial charge in [-0.25, -0.2) is 4.98 Å². The average Bonchev–Trinajstić information content (AvgIpc) is 2.80. The summed E-state index contributed by atoms with van der Waals surface area (Å²) in [5, 5.41) is 9.24. The van der Waals surface area contributed by atoms with Crippen LogP contribution in [0.4, 0.5) is 0 Å². The van der Waals surface area contributed by atoms with Gasteiger partial charge in [0.15, 0.2) is 0 Å². The molecule has 0 saturated heterocycles. The Morgan fingerprint density at radius 3 is 2.50 bits per heavy atom. The van der Waals surface area contributed by atoms with Crippen LogP contribution in [0, 0.1) is 11.3 Å². The molecule has 6 heteroatoms. The number of hydrogen-bond acceptors (Lipinski definition) is 5. The van der Waals surface area contributed by atoms with E-state index in [2.05, 4.69) is 16.0 Å². The zero-order valence-corrected chi connectivity index (χ0v) is 15.8. The van der Waals surface area contributed by atoms with E-state index in [1.54, 1.807) is 42.7 Å². The highest BCUT2D eigenvalue weighted by Crippen LogP contribution is 2.34. The fourth-order valence-electron chi connectivity index (χ4n) is 2.99. The number of aromatic nitrogens is 2. The summed E-state index contributed by atoms with van der Waals surface area (Å²) in [6, 6.07) is 23.6. The van der Waals surface area contributed by atoms with E-state index in [0.717, 1.165) is 16.7 Å². The first kappa shape index (κ1) is 18.8. The fraction of sp³-hybridized carbons (Fsp3) is 0. The highest BCUT2D eigenvalue weighted by molar-refractivity contribution is 5.91. The van der Waals surface area contributed by atoms with Crippen LogP contribution in [0.1, 0.15) is 16.1 Å². The number of amides is 1. The third-order valence-electron chi connectivity index (χ3n) is 4.46. The molecule has 0 saturated carbocycles. The van der Waals surface area contributed by atoms with E-state index in [1.165, 1.54) is 0 Å². The summed E-state index contributed by atoms with van der Waals surface area (Å²) in [5.74, 6) is 0.670. The number of pyridine rings is 2. The maximum Gasteiger partial charge on any atom is 0.267 e. The predicted molar refractivity (Wildman–Crippen MR) is 113 cm³/mol. The standard InChI is InChI=1S/C24H16N4O2/c25-14-16-6-11-23(20(13-16)18-3-2-12-27-15-18)30-19-9-7-17(8-10-19)21-4-1-5-22(28-21)24(26)29/h1-13,15H,(H2,26,29). The second-order valence-corrected chi connectivity index (χ2v) is 6.46. The maximum absolute atomic E-state index is 11.4. The van der Waals surface area contributed by atoms with Crippen molar-refractivity contribution in [2.75, 3.05) is 0 Å². The zero-order valence-electron chi connectivity index (χ0n) is 15.8. The number of primary amides is 1. The Balaban J connectivity index is 1.64. The summed E-state index contributed by atoms with van der Waals surface area (Å²) < 4.78 is 6.08. The van der Waals surface area contributed by atoms with Crippen molar-refractivity contribution in [3.05, 3.63) is 96.4 Å². The van der Waals surface area contributed by atoms with Gasteiger partial charge in [-0.05, 0) is 60.7 Å². The molecule has 0 radical (unpaired) electrons. The number of rotatable bonds is 5. The molecule has 2 aromatic carbocycles. The molecular formula is C24H16N4O2. The summed E-state index contributed by atoms with van der Waals surface area (Å²) in [7, 11) is 0. The molecular weight excluding hydrogens is 376 g/mol. The van der Waals surface area contributed by atoms with Gasteiger partial charge in [0, 0.05) is 29.1 Å². The molecule has 0 atom stereocenters. The Morgan fingerprint density at radius 1 is 0.967 bits per heavy atom. The van der Waals surface area contributed by atoms with E-state index in [1.807, 2.05) is 42.5 Å². The number of nitriles is 1. The number of carbonyl (C=O) groups is 1. The first-order chi connectivity index (χ1) is 14.6. The number of ether oxygens (including phenoxy) is 1. The number of nitrogens with two attached hydrogens (primary N) is 1. The van der Waals surface area contributed by atoms with Gasteiger partial charge in [0.1, 0.15) is 17.2 Å². The van der Waals surface area contributed by atoms with Gasteiger partial charge in [-0.15, -0.1) is 0 Å². The molecule has 0 unspecified atom stereocenters. The molecule has 0 aliphatic carbocycles. The summed E-state index contributed by atoms with van der Waals surface area (Å²) >= 11 is 0. The minimum absolute atomic E-state index is 0.214. The molecule has 144 valence electrons. The van der Waals surface area contributed by atoms with Crippen LogP contribution in [0.25, 0.3) is 22.4 Å². The van der Waals surface area contributed by atoms with E-state index in [0.29, 0.717) is 22.8 Å². The van der Waals surface area contributed by atoms with Crippen molar-refractivity contribution in [1.82, 2.24) is 9.97 Å². The number of benzene rings is 2. The Kier molecular flexibility index (Phi) is 5.18. The molecule has 0 bridgehead atoms. The zero-order chi connectivity index (χ0) is 20.9. The molecule has 0 spiro atoms. The molecule has 30 heavy (non-hydrogen) atoms. The van der Waals surface area contributed by atoms with Crippen molar-refractivity contribution in [2.45, 2.75) is 0 Å². The molecule has 4 rings (SSSR count). The van der Waals surface area contributed by atoms with E-state index >= 15 is 0 Å². The summed E-state index contributed by atoms with van der Waals surface area (Å²) in [6.07, 6.45) is 3.42. The van der Waals surface area contributed by atoms with Crippen LogP contribution in [0.5, 0.6) is 11.5 Å². The monoisotopic (exact) mass is 392 g/mol. The lowest BCUT2D eigenvalue weighted by Gasteiger charge is -2.12. The van der Waals surface area contributed by atoms with E-state index < -0.39 is 5.91 Å². The summed E-state index contributed by atoms with van der Waals surface area (Å²) in [6.45, 7) is 0. The highest BCUT2D eigenvalue weighted by Gasteiger charge is 2.10. The smallest absolute Gasteiger partial charge is 0.267 e. The van der Waals surface area contributed by atoms with Gasteiger partial charge < -0.3 is 10.5 Å². The summed E-state index contributed by atoms with van der Waals surface area (Å²) in [5.41, 5.74) is 9.17. The molecule has 0 fully saturated rings. The molecule has 0 aliphatic heterocycles. The first-order valence-corrected chi connectivity index (χ1v) is 9.14. The summed E-state index contributed by atoms with van der Waals surface area (Å²) in [4.78, 5) is 19.8. The van der Waals surface area contributed by atoms with Crippen molar-refractivity contribution < 1.29 is 9.53 Å². The van der Waals surface area contributed by atoms with E-state index in [9.17, 15) is 10.1 Å². The van der Waals surface area contributed by atoms with Crippen molar-refractivity contribution in [3.63, 3.8) is 0 Å². The third-order valence-corrected chi connectivity index (χ3v) is 4.46. The minimum Gasteiger partial charge on any atom is -0.457 e. The average molecular weight is 392 g/mol. The highest BCUT2D eigenvalue weighted by atomic mass is 16.5. The van der Waals surface area contributed by atoms with Gasteiger partial charge in [0.2, 0.25) is 0 Å². The number of carbonyl (C=O) groups excluding carboxylic acids is 1. The normalized spacial score (nSPS) is 10.2. The number of nitrogens with zero attached hydrogens (tertiary/aromatic N) is 3. The van der Waals surface area contributed by atoms with Crippen molar-refractivity contribution in [1.29, 1.82) is 5.26 Å². The Labute approximate surface area is 173 Å². The van der Waals surface area contributed by atoms with Gasteiger partial charge in [0.25, 0.3) is 5.91 Å². The Bertz CT molecular complexity index is 1250. The van der Waals surface area contributed by atoms with Gasteiger partial charge >= 0.3 is 0 Å². The van der Waals surface area contributed by atoms with E-state index in [4.69, 9.17) is 10.5 Å². The van der Waals surface area contributed by atoms with Crippen LogP contribution in [0.2, 0.25) is 0 Å². The lowest BCUT2D eigenvalue weighted by atomic mass is 10.0. The minimum atomic E-state index is -0.569. The van der Waals surface area contributed by atoms with E-state index in [-0.39, 0.29) is 5.69 Å². The van der Waals surface area contributed by atoms with Crippen LogP contribution < -0.4 is 10.5 Å². The molecule has 0 aliphatic rings. The lowest BCUT2D eigenvalue weighted by molar-refractivity contribution is 0.0995. The lowest BCUT2D eigenvalue weighted by Crippen LogP contribution is -2.12. The molecule has 2 N–H and O–H groups in total. The second-order valence-electron chi connectivity index (χ2n) is 6.46. The maximum atomic E-state index is 11.4. The fourth-order valence-corrected chi connectivity index (χ4v) is 2.99. The van der Waals surface area contributed by atoms with Crippen LogP contribution in [-0.4, -0.2) is 15.9 Å². The van der Waals surface area contributed by atoms with Crippen LogP contribution in [0.3, 0.4) is 0 Å². The Morgan fingerprint density at radius 2 is 1.80 bits per heavy atom. The van der Waals surface area contributed by atoms with Gasteiger partial charge in [-0.1, -0.05) is 12.1 Å². The van der Waals surface area contributed by atoms with Crippen molar-refractivity contribution >= 4 is 5.91 Å². The third kappa shape index (κ3) is 4.01. The Hall–Kier alpha value is -4.50. The van der Waals surface area contributed by atoms with Gasteiger partial charge in [-0.3, -0.25) is 9.78 Å². The van der Waals surface area contributed by atoms with Crippen molar-refractivity contribution in [2.24, 2.45) is 5.73 Å². The molecule has 2 heterocycles. The predicted octanol–water partition coefficient (Wildman–Crippen LogP) is 4.57. The van der Waals surface area contributed by atoms with Crippen LogP contribution in [-0.2, 0) is 0 Å². The van der Waals surface area contributed by atoms with Gasteiger partial charge in [0.05, 0.1) is 17.3 Å². The molecule has 2 aromatic heterocycles. The number of hydrogen-bond donors (Lipinski definition) is 1. The molecule has 4 aromatic rings. The topological polar surface area (TPSA) is 102 Å². The van der Waals surface area contributed by atoms with Gasteiger partial charge in [-0.2, -0.15) is 5.26 Å². The first-order valence-electron chi connectivity index (χ1n) is 9.14. The van der Waals surface area contributed by atoms with Crippen LogP contribution >= 0.6 is 0 Å².